The van der Waals surface area contributed by atoms with Gasteiger partial charge in [0.05, 0.1) is 6.61 Å². The van der Waals surface area contributed by atoms with Gasteiger partial charge in [0.15, 0.2) is 0 Å². The zero-order chi connectivity index (χ0) is 12.1. The van der Waals surface area contributed by atoms with Crippen molar-refractivity contribution in [3.05, 3.63) is 35.9 Å². The summed E-state index contributed by atoms with van der Waals surface area (Å²) in [7, 11) is 0. The Hall–Kier alpha value is -1.51. The number of carbonyl (C=O) groups excluding carboxylic acids is 1. The Balaban J connectivity index is 1.96. The lowest BCUT2D eigenvalue weighted by Gasteiger charge is -2.21. The number of ether oxygens (including phenoxy) is 1. The van der Waals surface area contributed by atoms with E-state index in [0.29, 0.717) is 19.1 Å². The topological polar surface area (TPSA) is 29.5 Å². The molecule has 1 fully saturated rings. The van der Waals surface area contributed by atoms with Gasteiger partial charge in [-0.1, -0.05) is 30.3 Å². The van der Waals surface area contributed by atoms with E-state index in [9.17, 15) is 4.79 Å². The first-order valence-corrected chi connectivity index (χ1v) is 6.25. The molecule has 0 unspecified atom stereocenters. The van der Waals surface area contributed by atoms with Gasteiger partial charge in [-0.25, -0.2) is 4.79 Å². The van der Waals surface area contributed by atoms with Crippen LogP contribution in [-0.2, 0) is 11.3 Å². The zero-order valence-electron chi connectivity index (χ0n) is 10.3. The third-order valence-corrected chi connectivity index (χ3v) is 2.92. The second-order valence-electron chi connectivity index (χ2n) is 4.51. The van der Waals surface area contributed by atoms with E-state index in [1.165, 1.54) is 12.8 Å². The van der Waals surface area contributed by atoms with Crippen molar-refractivity contribution >= 4 is 6.09 Å². The number of benzene rings is 1. The summed E-state index contributed by atoms with van der Waals surface area (Å²) in [5.41, 5.74) is 1.15. The van der Waals surface area contributed by atoms with Crippen LogP contribution in [0.1, 0.15) is 25.3 Å². The van der Waals surface area contributed by atoms with E-state index in [1.54, 1.807) is 0 Å². The second kappa shape index (κ2) is 5.71. The molecule has 0 spiro atoms. The molecule has 0 heterocycles. The second-order valence-corrected chi connectivity index (χ2v) is 4.51. The normalized spacial score (nSPS) is 14.4. The summed E-state index contributed by atoms with van der Waals surface area (Å²) in [4.78, 5) is 13.6. The summed E-state index contributed by atoms with van der Waals surface area (Å²) < 4.78 is 5.09. The highest BCUT2D eigenvalue weighted by atomic mass is 16.6. The number of hydrogen-bond donors (Lipinski definition) is 0. The molecule has 1 aliphatic rings. The van der Waals surface area contributed by atoms with E-state index < -0.39 is 0 Å². The van der Waals surface area contributed by atoms with Crippen LogP contribution in [0.4, 0.5) is 4.79 Å². The molecular weight excluding hydrogens is 214 g/mol. The number of carbonyl (C=O) groups is 1. The fraction of sp³-hybridized carbons (Fsp3) is 0.500. The van der Waals surface area contributed by atoms with Crippen molar-refractivity contribution in [1.29, 1.82) is 0 Å². The number of amides is 1. The molecule has 92 valence electrons. The van der Waals surface area contributed by atoms with Gasteiger partial charge in [-0.05, 0) is 31.2 Å². The summed E-state index contributed by atoms with van der Waals surface area (Å²) in [5.74, 6) is 0.683. The van der Waals surface area contributed by atoms with E-state index in [-0.39, 0.29) is 6.09 Å². The van der Waals surface area contributed by atoms with Gasteiger partial charge in [0.2, 0.25) is 0 Å². The van der Waals surface area contributed by atoms with Crippen molar-refractivity contribution in [1.82, 2.24) is 4.90 Å². The van der Waals surface area contributed by atoms with Crippen molar-refractivity contribution in [3.8, 4) is 0 Å². The van der Waals surface area contributed by atoms with Crippen molar-refractivity contribution in [3.63, 3.8) is 0 Å². The lowest BCUT2D eigenvalue weighted by molar-refractivity contribution is 0.103. The predicted molar refractivity (Wildman–Crippen MR) is 66.6 cm³/mol. The molecule has 3 nitrogen and oxygen atoms in total. The Bertz CT molecular complexity index is 360. The van der Waals surface area contributed by atoms with Crippen molar-refractivity contribution in [2.24, 2.45) is 5.92 Å². The van der Waals surface area contributed by atoms with E-state index in [1.807, 2.05) is 42.2 Å². The highest BCUT2D eigenvalue weighted by Gasteiger charge is 2.27. The van der Waals surface area contributed by atoms with E-state index >= 15 is 0 Å². The van der Waals surface area contributed by atoms with Crippen LogP contribution in [0.15, 0.2) is 30.3 Å². The molecule has 0 N–H and O–H groups in total. The SMILES string of the molecule is CCOC(=O)N(Cc1ccccc1)CC1CC1. The van der Waals surface area contributed by atoms with Gasteiger partial charge in [-0.15, -0.1) is 0 Å². The van der Waals surface area contributed by atoms with Gasteiger partial charge in [-0.3, -0.25) is 0 Å². The molecule has 17 heavy (non-hydrogen) atoms. The van der Waals surface area contributed by atoms with Gasteiger partial charge in [0.25, 0.3) is 0 Å². The lowest BCUT2D eigenvalue weighted by Crippen LogP contribution is -2.33. The molecule has 2 rings (SSSR count). The minimum atomic E-state index is -0.191. The maximum Gasteiger partial charge on any atom is 0.410 e. The summed E-state index contributed by atoms with van der Waals surface area (Å²) in [5, 5.41) is 0. The molecular formula is C14H19NO2. The Morgan fingerprint density at radius 2 is 2.06 bits per heavy atom. The van der Waals surface area contributed by atoms with Gasteiger partial charge < -0.3 is 9.64 Å². The number of nitrogens with zero attached hydrogens (tertiary/aromatic N) is 1. The maximum atomic E-state index is 11.8. The number of hydrogen-bond acceptors (Lipinski definition) is 2. The minimum absolute atomic E-state index is 0.191. The third kappa shape index (κ3) is 3.77. The average Bonchev–Trinajstić information content (AvgIpc) is 3.14. The van der Waals surface area contributed by atoms with Crippen LogP contribution in [0.2, 0.25) is 0 Å². The molecule has 1 amide bonds. The molecule has 0 saturated heterocycles. The third-order valence-electron chi connectivity index (χ3n) is 2.92. The fourth-order valence-corrected chi connectivity index (χ4v) is 1.83. The van der Waals surface area contributed by atoms with Crippen LogP contribution in [0.5, 0.6) is 0 Å². The fourth-order valence-electron chi connectivity index (χ4n) is 1.83. The molecule has 0 radical (unpaired) electrons. The zero-order valence-corrected chi connectivity index (χ0v) is 10.3. The van der Waals surface area contributed by atoms with Crippen molar-refractivity contribution < 1.29 is 9.53 Å². The first kappa shape index (κ1) is 12.0. The number of rotatable bonds is 5. The van der Waals surface area contributed by atoms with Gasteiger partial charge in [0, 0.05) is 13.1 Å². The smallest absolute Gasteiger partial charge is 0.410 e. The van der Waals surface area contributed by atoms with Gasteiger partial charge in [0.1, 0.15) is 0 Å². The summed E-state index contributed by atoms with van der Waals surface area (Å²) in [6.07, 6.45) is 2.29. The van der Waals surface area contributed by atoms with E-state index in [4.69, 9.17) is 4.74 Å². The van der Waals surface area contributed by atoms with Gasteiger partial charge in [-0.2, -0.15) is 0 Å². The summed E-state index contributed by atoms with van der Waals surface area (Å²) in [6, 6.07) is 10.1. The molecule has 1 aliphatic carbocycles. The highest BCUT2D eigenvalue weighted by Crippen LogP contribution is 2.30. The summed E-state index contributed by atoms with van der Waals surface area (Å²) in [6.45, 7) is 3.76. The maximum absolute atomic E-state index is 11.8. The summed E-state index contributed by atoms with van der Waals surface area (Å²) >= 11 is 0. The Labute approximate surface area is 102 Å². The Morgan fingerprint density at radius 3 is 2.65 bits per heavy atom. The minimum Gasteiger partial charge on any atom is -0.450 e. The van der Waals surface area contributed by atoms with E-state index in [2.05, 4.69) is 0 Å². The molecule has 1 aromatic carbocycles. The van der Waals surface area contributed by atoms with Crippen LogP contribution >= 0.6 is 0 Å². The van der Waals surface area contributed by atoms with Crippen LogP contribution in [0.25, 0.3) is 0 Å². The van der Waals surface area contributed by atoms with Gasteiger partial charge >= 0.3 is 6.09 Å². The first-order chi connectivity index (χ1) is 8.29. The first-order valence-electron chi connectivity index (χ1n) is 6.25. The largest absolute Gasteiger partial charge is 0.450 e. The molecule has 0 aliphatic heterocycles. The lowest BCUT2D eigenvalue weighted by atomic mass is 10.2. The molecule has 1 aromatic rings. The quantitative estimate of drug-likeness (QED) is 0.782. The van der Waals surface area contributed by atoms with Crippen molar-refractivity contribution in [2.45, 2.75) is 26.3 Å². The molecule has 0 atom stereocenters. The predicted octanol–water partition coefficient (Wildman–Crippen LogP) is 3.06. The van der Waals surface area contributed by atoms with Crippen LogP contribution in [-0.4, -0.2) is 24.1 Å². The Morgan fingerprint density at radius 1 is 1.35 bits per heavy atom. The van der Waals surface area contributed by atoms with Crippen LogP contribution in [0, 0.1) is 5.92 Å². The molecule has 1 saturated carbocycles. The molecule has 0 aromatic heterocycles. The standard InChI is InChI=1S/C14H19NO2/c1-2-17-14(16)15(11-13-8-9-13)10-12-6-4-3-5-7-12/h3-7,13H,2,8-11H2,1H3. The average molecular weight is 233 g/mol. The van der Waals surface area contributed by atoms with Crippen molar-refractivity contribution in [2.75, 3.05) is 13.2 Å². The molecule has 3 heteroatoms. The monoisotopic (exact) mass is 233 g/mol. The Kier molecular flexibility index (Phi) is 4.02. The highest BCUT2D eigenvalue weighted by molar-refractivity contribution is 5.67. The molecule has 0 bridgehead atoms. The van der Waals surface area contributed by atoms with Crippen LogP contribution in [0.3, 0.4) is 0 Å². The van der Waals surface area contributed by atoms with E-state index in [0.717, 1.165) is 12.1 Å². The van der Waals surface area contributed by atoms with Crippen LogP contribution < -0.4 is 0 Å².